The number of aromatic nitrogens is 1. The average Bonchev–Trinajstić information content (AvgIpc) is 3.30. The molecule has 0 fully saturated rings. The fraction of sp³-hybridized carbons (Fsp3) is 0.160. The lowest BCUT2D eigenvalue weighted by Gasteiger charge is -2.17. The Morgan fingerprint density at radius 2 is 1.74 bits per heavy atom. The predicted octanol–water partition coefficient (Wildman–Crippen LogP) is 5.30. The first-order chi connectivity index (χ1) is 14.9. The van der Waals surface area contributed by atoms with Crippen LogP contribution in [0.3, 0.4) is 0 Å². The van der Waals surface area contributed by atoms with Crippen molar-refractivity contribution in [2.75, 3.05) is 5.32 Å². The molecule has 1 unspecified atom stereocenters. The Morgan fingerprint density at radius 3 is 2.45 bits per heavy atom. The molecular formula is C25H22N2O4. The monoisotopic (exact) mass is 414 g/mol. The normalized spacial score (nSPS) is 11.8. The molecule has 0 saturated heterocycles. The Labute approximate surface area is 179 Å². The Bertz CT molecular complexity index is 1240. The lowest BCUT2D eigenvalue weighted by Crippen LogP contribution is -2.30. The Balaban J connectivity index is 1.60. The largest absolute Gasteiger partial charge is 0.463 e. The van der Waals surface area contributed by atoms with E-state index in [1.807, 2.05) is 50.2 Å². The predicted molar refractivity (Wildman–Crippen MR) is 119 cm³/mol. The van der Waals surface area contributed by atoms with Gasteiger partial charge in [0.2, 0.25) is 0 Å². The summed E-state index contributed by atoms with van der Waals surface area (Å²) in [5.41, 5.74) is 4.08. The van der Waals surface area contributed by atoms with Gasteiger partial charge in [-0.3, -0.25) is 4.79 Å². The van der Waals surface area contributed by atoms with Crippen LogP contribution in [0.25, 0.3) is 22.4 Å². The zero-order chi connectivity index (χ0) is 22.0. The van der Waals surface area contributed by atoms with Crippen LogP contribution in [0.1, 0.15) is 28.4 Å². The summed E-state index contributed by atoms with van der Waals surface area (Å²) in [6, 6.07) is 18.2. The van der Waals surface area contributed by atoms with Gasteiger partial charge >= 0.3 is 5.97 Å². The summed E-state index contributed by atoms with van der Waals surface area (Å²) >= 11 is 0. The van der Waals surface area contributed by atoms with Crippen LogP contribution in [-0.4, -0.2) is 23.0 Å². The van der Waals surface area contributed by atoms with Gasteiger partial charge in [0.1, 0.15) is 5.69 Å². The fourth-order valence-corrected chi connectivity index (χ4v) is 3.41. The van der Waals surface area contributed by atoms with Gasteiger partial charge in [0, 0.05) is 11.1 Å². The molecule has 2 aromatic carbocycles. The van der Waals surface area contributed by atoms with Crippen molar-refractivity contribution in [2.45, 2.75) is 26.9 Å². The number of carbonyl (C=O) groups excluding carboxylic acids is 2. The second-order valence-electron chi connectivity index (χ2n) is 7.35. The van der Waals surface area contributed by atoms with Gasteiger partial charge in [-0.15, -0.1) is 0 Å². The number of amides is 1. The molecule has 2 aromatic heterocycles. The third-order valence-electron chi connectivity index (χ3n) is 5.09. The van der Waals surface area contributed by atoms with Gasteiger partial charge in [-0.2, -0.15) is 0 Å². The summed E-state index contributed by atoms with van der Waals surface area (Å²) in [6.45, 7) is 5.38. The second kappa shape index (κ2) is 8.44. The fourth-order valence-electron chi connectivity index (χ4n) is 3.41. The summed E-state index contributed by atoms with van der Waals surface area (Å²) in [4.78, 5) is 30.3. The number of hydrogen-bond donors (Lipinski definition) is 1. The number of rotatable bonds is 5. The zero-order valence-electron chi connectivity index (χ0n) is 17.5. The van der Waals surface area contributed by atoms with E-state index in [2.05, 4.69) is 10.3 Å². The lowest BCUT2D eigenvalue weighted by atomic mass is 10.1. The Hall–Kier alpha value is -3.93. The minimum absolute atomic E-state index is 0.323. The summed E-state index contributed by atoms with van der Waals surface area (Å²) < 4.78 is 11.0. The molecule has 31 heavy (non-hydrogen) atoms. The van der Waals surface area contributed by atoms with E-state index in [-0.39, 0.29) is 0 Å². The van der Waals surface area contributed by atoms with Crippen molar-refractivity contribution < 1.29 is 18.7 Å². The van der Waals surface area contributed by atoms with E-state index in [1.165, 1.54) is 0 Å². The van der Waals surface area contributed by atoms with Crippen LogP contribution in [-0.2, 0) is 9.53 Å². The molecule has 1 atom stereocenters. The Kier molecular flexibility index (Phi) is 5.54. The van der Waals surface area contributed by atoms with Crippen LogP contribution < -0.4 is 5.32 Å². The molecule has 156 valence electrons. The first-order valence-corrected chi connectivity index (χ1v) is 9.96. The highest BCUT2D eigenvalue weighted by atomic mass is 16.5. The summed E-state index contributed by atoms with van der Waals surface area (Å²) in [5, 5.41) is 3.51. The molecule has 1 amide bonds. The molecule has 4 aromatic rings. The van der Waals surface area contributed by atoms with E-state index in [4.69, 9.17) is 9.15 Å². The molecular weight excluding hydrogens is 392 g/mol. The van der Waals surface area contributed by atoms with Crippen molar-refractivity contribution in [1.82, 2.24) is 4.98 Å². The van der Waals surface area contributed by atoms with E-state index >= 15 is 0 Å². The van der Waals surface area contributed by atoms with Crippen molar-refractivity contribution in [2.24, 2.45) is 0 Å². The number of esters is 1. The molecule has 0 radical (unpaired) electrons. The smallest absolute Gasteiger partial charge is 0.339 e. The molecule has 6 nitrogen and oxygen atoms in total. The zero-order valence-corrected chi connectivity index (χ0v) is 17.5. The lowest BCUT2D eigenvalue weighted by molar-refractivity contribution is -0.123. The van der Waals surface area contributed by atoms with Crippen LogP contribution in [0, 0.1) is 13.8 Å². The number of benzene rings is 2. The number of ether oxygens (including phenoxy) is 1. The van der Waals surface area contributed by atoms with Gasteiger partial charge in [-0.05, 0) is 56.2 Å². The van der Waals surface area contributed by atoms with E-state index < -0.39 is 18.0 Å². The molecule has 0 spiro atoms. The first-order valence-electron chi connectivity index (χ1n) is 9.96. The highest BCUT2D eigenvalue weighted by Crippen LogP contribution is 2.26. The van der Waals surface area contributed by atoms with Gasteiger partial charge in [0.05, 0.1) is 17.3 Å². The first kappa shape index (κ1) is 20.3. The van der Waals surface area contributed by atoms with Crippen molar-refractivity contribution in [1.29, 1.82) is 0 Å². The minimum atomic E-state index is -0.981. The van der Waals surface area contributed by atoms with E-state index in [0.717, 1.165) is 16.8 Å². The third-order valence-corrected chi connectivity index (χ3v) is 5.09. The molecule has 6 heteroatoms. The molecule has 0 aliphatic rings. The van der Waals surface area contributed by atoms with Crippen molar-refractivity contribution in [3.05, 3.63) is 83.6 Å². The number of furan rings is 1. The van der Waals surface area contributed by atoms with E-state index in [0.29, 0.717) is 27.9 Å². The highest BCUT2D eigenvalue weighted by molar-refractivity contribution is 6.06. The number of anilines is 1. The maximum absolute atomic E-state index is 13.0. The molecule has 0 bridgehead atoms. The van der Waals surface area contributed by atoms with Crippen LogP contribution in [0.4, 0.5) is 5.69 Å². The number of hydrogen-bond acceptors (Lipinski definition) is 5. The molecule has 2 heterocycles. The molecule has 1 N–H and O–H groups in total. The van der Waals surface area contributed by atoms with Gasteiger partial charge in [0.15, 0.2) is 11.9 Å². The van der Waals surface area contributed by atoms with Crippen LogP contribution >= 0.6 is 0 Å². The van der Waals surface area contributed by atoms with E-state index in [1.54, 1.807) is 37.5 Å². The summed E-state index contributed by atoms with van der Waals surface area (Å²) in [6.07, 6.45) is 0.565. The maximum atomic E-state index is 13.0. The third kappa shape index (κ3) is 4.19. The van der Waals surface area contributed by atoms with Crippen molar-refractivity contribution >= 4 is 28.5 Å². The van der Waals surface area contributed by atoms with Crippen molar-refractivity contribution in [3.8, 4) is 11.5 Å². The number of carbonyl (C=O) groups is 2. The number of nitrogens with zero attached hydrogens (tertiary/aromatic N) is 1. The van der Waals surface area contributed by atoms with Gasteiger partial charge in [0.25, 0.3) is 5.91 Å². The molecule has 4 rings (SSSR count). The standard InChI is InChI=1S/C25H22N2O4/c1-15-8-6-9-16(2)23(15)27-24(28)17(3)31-25(29)19-14-21(22-12-7-13-30-22)26-20-11-5-4-10-18(19)20/h4-14,17H,1-3H3,(H,27,28). The molecule has 0 aliphatic carbocycles. The number of aryl methyl sites for hydroxylation is 2. The quantitative estimate of drug-likeness (QED) is 0.449. The minimum Gasteiger partial charge on any atom is -0.463 e. The summed E-state index contributed by atoms with van der Waals surface area (Å²) in [7, 11) is 0. The highest BCUT2D eigenvalue weighted by Gasteiger charge is 2.22. The number of fused-ring (bicyclic) bond motifs is 1. The number of pyridine rings is 1. The van der Waals surface area contributed by atoms with Crippen LogP contribution in [0.2, 0.25) is 0 Å². The molecule has 0 saturated carbocycles. The number of nitrogens with one attached hydrogen (secondary N) is 1. The summed E-state index contributed by atoms with van der Waals surface area (Å²) in [5.74, 6) is -0.452. The number of para-hydroxylation sites is 2. The van der Waals surface area contributed by atoms with Gasteiger partial charge < -0.3 is 14.5 Å². The van der Waals surface area contributed by atoms with Gasteiger partial charge in [-0.25, -0.2) is 9.78 Å². The second-order valence-corrected chi connectivity index (χ2v) is 7.35. The van der Waals surface area contributed by atoms with Crippen molar-refractivity contribution in [3.63, 3.8) is 0 Å². The van der Waals surface area contributed by atoms with E-state index in [9.17, 15) is 9.59 Å². The van der Waals surface area contributed by atoms with Crippen LogP contribution in [0.5, 0.6) is 0 Å². The molecule has 0 aliphatic heterocycles. The maximum Gasteiger partial charge on any atom is 0.339 e. The van der Waals surface area contributed by atoms with Gasteiger partial charge in [-0.1, -0.05) is 36.4 Å². The SMILES string of the molecule is Cc1cccc(C)c1NC(=O)C(C)OC(=O)c1cc(-c2ccco2)nc2ccccc12. The Morgan fingerprint density at radius 1 is 1.00 bits per heavy atom. The topological polar surface area (TPSA) is 81.4 Å². The van der Waals surface area contributed by atoms with Crippen LogP contribution in [0.15, 0.2) is 71.3 Å². The average molecular weight is 414 g/mol.